The van der Waals surface area contributed by atoms with Crippen LogP contribution in [0.15, 0.2) is 60.9 Å². The van der Waals surface area contributed by atoms with Crippen LogP contribution in [0.4, 0.5) is 14.9 Å². The number of cyclic esters (lactones) is 1. The number of amides is 2. The number of para-hydroxylation sites is 1. The number of methoxy groups -OCH3 is 1. The minimum absolute atomic E-state index is 0.00121. The van der Waals surface area contributed by atoms with E-state index in [1.54, 1.807) is 41.2 Å². The second-order valence-corrected chi connectivity index (χ2v) is 9.10. The summed E-state index contributed by atoms with van der Waals surface area (Å²) >= 11 is 0. The van der Waals surface area contributed by atoms with Crippen LogP contribution in [0.3, 0.4) is 0 Å². The summed E-state index contributed by atoms with van der Waals surface area (Å²) in [6, 6.07) is 13.7. The predicted octanol–water partition coefficient (Wildman–Crippen LogP) is 5.13. The molecule has 1 saturated heterocycles. The number of pyridine rings is 1. The van der Waals surface area contributed by atoms with Gasteiger partial charge in [-0.15, -0.1) is 0 Å². The maximum absolute atomic E-state index is 15.0. The molecule has 0 aliphatic carbocycles. The second kappa shape index (κ2) is 10.5. The van der Waals surface area contributed by atoms with Crippen LogP contribution < -0.4 is 14.4 Å². The van der Waals surface area contributed by atoms with Crippen molar-refractivity contribution in [2.45, 2.75) is 38.5 Å². The number of ether oxygens (including phenoxy) is 3. The SMILES string of the molecule is COc1cc(OC(C)c2ccncc2)c(F)cc1C(=O)N1CCC(N2C(=O)OCc3ccccc32)CC1. The van der Waals surface area contributed by atoms with Crippen LogP contribution in [-0.4, -0.2) is 48.1 Å². The largest absolute Gasteiger partial charge is 0.496 e. The van der Waals surface area contributed by atoms with Crippen LogP contribution in [0, 0.1) is 5.82 Å². The van der Waals surface area contributed by atoms with Crippen LogP contribution in [0.2, 0.25) is 0 Å². The number of rotatable bonds is 6. The zero-order chi connectivity index (χ0) is 25.9. The first-order valence-electron chi connectivity index (χ1n) is 12.2. The average molecular weight is 506 g/mol. The van der Waals surface area contributed by atoms with Gasteiger partial charge >= 0.3 is 6.09 Å². The number of aromatic nitrogens is 1. The van der Waals surface area contributed by atoms with Gasteiger partial charge in [-0.3, -0.25) is 14.7 Å². The first kappa shape index (κ1) is 24.5. The first-order valence-corrected chi connectivity index (χ1v) is 12.2. The van der Waals surface area contributed by atoms with Crippen molar-refractivity contribution in [1.82, 2.24) is 9.88 Å². The maximum Gasteiger partial charge on any atom is 0.414 e. The van der Waals surface area contributed by atoms with E-state index >= 15 is 4.39 Å². The van der Waals surface area contributed by atoms with Crippen LogP contribution >= 0.6 is 0 Å². The van der Waals surface area contributed by atoms with E-state index in [-0.39, 0.29) is 41.7 Å². The third kappa shape index (κ3) is 4.94. The number of carbonyl (C=O) groups is 2. The highest BCUT2D eigenvalue weighted by Crippen LogP contribution is 2.34. The second-order valence-electron chi connectivity index (χ2n) is 9.10. The van der Waals surface area contributed by atoms with E-state index in [9.17, 15) is 9.59 Å². The molecule has 2 aliphatic heterocycles. The van der Waals surface area contributed by atoms with Gasteiger partial charge in [0.2, 0.25) is 0 Å². The highest BCUT2D eigenvalue weighted by molar-refractivity contribution is 5.97. The molecule has 37 heavy (non-hydrogen) atoms. The normalized spacial score (nSPS) is 16.6. The van der Waals surface area contributed by atoms with Crippen molar-refractivity contribution in [2.24, 2.45) is 0 Å². The molecule has 3 heterocycles. The summed E-state index contributed by atoms with van der Waals surface area (Å²) in [7, 11) is 1.44. The number of fused-ring (bicyclic) bond motifs is 1. The van der Waals surface area contributed by atoms with E-state index in [1.807, 2.05) is 24.3 Å². The molecule has 9 heteroatoms. The molecule has 2 amide bonds. The van der Waals surface area contributed by atoms with Gasteiger partial charge in [0.25, 0.3) is 5.91 Å². The van der Waals surface area contributed by atoms with Gasteiger partial charge < -0.3 is 19.1 Å². The molecular weight excluding hydrogens is 477 g/mol. The van der Waals surface area contributed by atoms with Crippen LogP contribution in [-0.2, 0) is 11.3 Å². The summed E-state index contributed by atoms with van der Waals surface area (Å²) < 4.78 is 31.6. The van der Waals surface area contributed by atoms with Crippen molar-refractivity contribution in [1.29, 1.82) is 0 Å². The standard InChI is InChI=1S/C28H28FN3O5/c1-18(19-7-11-30-12-8-19)37-26-16-25(35-2)22(15-23(26)29)27(33)31-13-9-21(10-14-31)32-24-6-4-3-5-20(24)17-36-28(32)34/h3-8,11-12,15-16,18,21H,9-10,13-14,17H2,1-2H3. The molecular formula is C28H28FN3O5. The van der Waals surface area contributed by atoms with Gasteiger partial charge in [0.05, 0.1) is 18.4 Å². The Morgan fingerprint density at radius 1 is 1.11 bits per heavy atom. The molecule has 8 nitrogen and oxygen atoms in total. The first-order chi connectivity index (χ1) is 18.0. The van der Waals surface area contributed by atoms with E-state index in [1.165, 1.54) is 19.2 Å². The molecule has 2 aromatic carbocycles. The molecule has 0 bridgehead atoms. The highest BCUT2D eigenvalue weighted by atomic mass is 19.1. The summed E-state index contributed by atoms with van der Waals surface area (Å²) in [6.45, 7) is 2.89. The number of hydrogen-bond donors (Lipinski definition) is 0. The van der Waals surface area contributed by atoms with Gasteiger partial charge in [-0.05, 0) is 49.6 Å². The van der Waals surface area contributed by atoms with E-state index < -0.39 is 11.9 Å². The molecule has 1 aromatic heterocycles. The molecule has 192 valence electrons. The lowest BCUT2D eigenvalue weighted by Gasteiger charge is -2.40. The molecule has 0 N–H and O–H groups in total. The number of benzene rings is 2. The Bertz CT molecular complexity index is 1290. The molecule has 1 unspecified atom stereocenters. The summed E-state index contributed by atoms with van der Waals surface area (Å²) in [5.74, 6) is -0.741. The Morgan fingerprint density at radius 2 is 1.84 bits per heavy atom. The number of likely N-dealkylation sites (tertiary alicyclic amines) is 1. The van der Waals surface area contributed by atoms with E-state index in [2.05, 4.69) is 4.98 Å². The Labute approximate surface area is 214 Å². The minimum atomic E-state index is -0.646. The quantitative estimate of drug-likeness (QED) is 0.462. The van der Waals surface area contributed by atoms with Crippen molar-refractivity contribution in [3.63, 3.8) is 0 Å². The zero-order valence-electron chi connectivity index (χ0n) is 20.7. The van der Waals surface area contributed by atoms with Crippen molar-refractivity contribution >= 4 is 17.7 Å². The summed E-state index contributed by atoms with van der Waals surface area (Å²) in [5, 5.41) is 0. The topological polar surface area (TPSA) is 81.2 Å². The molecule has 0 radical (unpaired) electrons. The Hall–Kier alpha value is -4.14. The lowest BCUT2D eigenvalue weighted by Crippen LogP contribution is -2.50. The van der Waals surface area contributed by atoms with Gasteiger partial charge in [0.1, 0.15) is 18.5 Å². The van der Waals surface area contributed by atoms with Gasteiger partial charge in [0, 0.05) is 43.2 Å². The van der Waals surface area contributed by atoms with E-state index in [0.29, 0.717) is 25.9 Å². The van der Waals surface area contributed by atoms with Gasteiger partial charge in [-0.1, -0.05) is 18.2 Å². The zero-order valence-corrected chi connectivity index (χ0v) is 20.7. The molecule has 5 rings (SSSR count). The molecule has 2 aliphatic rings. The van der Waals surface area contributed by atoms with Crippen molar-refractivity contribution in [2.75, 3.05) is 25.1 Å². The Morgan fingerprint density at radius 3 is 2.57 bits per heavy atom. The minimum Gasteiger partial charge on any atom is -0.496 e. The molecule has 0 spiro atoms. The lowest BCUT2D eigenvalue weighted by atomic mass is 10.00. The fraction of sp³-hybridized carbons (Fsp3) is 0.321. The van der Waals surface area contributed by atoms with E-state index in [0.717, 1.165) is 16.8 Å². The van der Waals surface area contributed by atoms with Crippen LogP contribution in [0.1, 0.15) is 47.4 Å². The van der Waals surface area contributed by atoms with Gasteiger partial charge in [-0.25, -0.2) is 9.18 Å². The van der Waals surface area contributed by atoms with Crippen LogP contribution in [0.25, 0.3) is 0 Å². The van der Waals surface area contributed by atoms with Crippen LogP contribution in [0.5, 0.6) is 11.5 Å². The average Bonchev–Trinajstić information content (AvgIpc) is 2.94. The number of anilines is 1. The summed E-state index contributed by atoms with van der Waals surface area (Å²) in [4.78, 5) is 33.3. The van der Waals surface area contributed by atoms with Gasteiger partial charge in [0.15, 0.2) is 11.6 Å². The van der Waals surface area contributed by atoms with Crippen molar-refractivity contribution < 1.29 is 28.2 Å². The molecule has 1 atom stereocenters. The predicted molar refractivity (Wildman–Crippen MR) is 134 cm³/mol. The van der Waals surface area contributed by atoms with Gasteiger partial charge in [-0.2, -0.15) is 0 Å². The number of piperidine rings is 1. The highest BCUT2D eigenvalue weighted by Gasteiger charge is 2.35. The Kier molecular flexibility index (Phi) is 6.94. The third-order valence-electron chi connectivity index (χ3n) is 6.88. The lowest BCUT2D eigenvalue weighted by molar-refractivity contribution is 0.0704. The maximum atomic E-state index is 15.0. The number of halogens is 1. The monoisotopic (exact) mass is 505 g/mol. The summed E-state index contributed by atoms with van der Waals surface area (Å²) in [5.41, 5.74) is 2.78. The fourth-order valence-electron chi connectivity index (χ4n) is 4.87. The summed E-state index contributed by atoms with van der Waals surface area (Å²) in [6.07, 6.45) is 3.64. The fourth-order valence-corrected chi connectivity index (χ4v) is 4.87. The molecule has 0 saturated carbocycles. The van der Waals surface area contributed by atoms with Crippen molar-refractivity contribution in [3.8, 4) is 11.5 Å². The molecule has 3 aromatic rings. The number of hydrogen-bond acceptors (Lipinski definition) is 6. The number of nitrogens with zero attached hydrogens (tertiary/aromatic N) is 3. The Balaban J connectivity index is 1.29. The third-order valence-corrected chi connectivity index (χ3v) is 6.88. The smallest absolute Gasteiger partial charge is 0.414 e. The van der Waals surface area contributed by atoms with Crippen molar-refractivity contribution in [3.05, 3.63) is 83.4 Å². The van der Waals surface area contributed by atoms with E-state index in [4.69, 9.17) is 14.2 Å². The number of carbonyl (C=O) groups excluding carboxylic acids is 2. The molecule has 1 fully saturated rings.